The van der Waals surface area contributed by atoms with Gasteiger partial charge >= 0.3 is 0 Å². The molecule has 4 heteroatoms. The maximum atomic E-state index is 11.6. The number of hydrogen-bond acceptors (Lipinski definition) is 2. The van der Waals surface area contributed by atoms with E-state index in [0.29, 0.717) is 5.69 Å². The van der Waals surface area contributed by atoms with Crippen LogP contribution in [0.4, 0.5) is 0 Å². The summed E-state index contributed by atoms with van der Waals surface area (Å²) in [4.78, 5) is 14.5. The van der Waals surface area contributed by atoms with Gasteiger partial charge in [-0.3, -0.25) is 4.79 Å². The largest absolute Gasteiger partial charge is 0.381 e. The first-order chi connectivity index (χ1) is 6.86. The minimum Gasteiger partial charge on any atom is -0.381 e. The molecule has 4 nitrogen and oxygen atoms in total. The predicted octanol–water partition coefficient (Wildman–Crippen LogP) is 0.923. The summed E-state index contributed by atoms with van der Waals surface area (Å²) in [5.41, 5.74) is 0.622. The van der Waals surface area contributed by atoms with Crippen molar-refractivity contribution in [2.45, 2.75) is 18.9 Å². The molecule has 2 heterocycles. The zero-order chi connectivity index (χ0) is 9.80. The minimum atomic E-state index is -0.0260. The van der Waals surface area contributed by atoms with Crippen LogP contribution in [0, 0.1) is 0 Å². The van der Waals surface area contributed by atoms with Gasteiger partial charge in [0.15, 0.2) is 0 Å². The Kier molecular flexibility index (Phi) is 2.84. The maximum Gasteiger partial charge on any atom is 0.267 e. The van der Waals surface area contributed by atoms with E-state index in [2.05, 4.69) is 10.3 Å². The van der Waals surface area contributed by atoms with Crippen LogP contribution in [0.5, 0.6) is 0 Å². The van der Waals surface area contributed by atoms with E-state index in [9.17, 15) is 4.79 Å². The highest BCUT2D eigenvalue weighted by atomic mass is 16.5. The lowest BCUT2D eigenvalue weighted by atomic mass is 10.1. The molecule has 0 bridgehead atoms. The van der Waals surface area contributed by atoms with Gasteiger partial charge in [0.2, 0.25) is 0 Å². The predicted molar refractivity (Wildman–Crippen MR) is 52.1 cm³/mol. The molecule has 0 atom stereocenters. The molecule has 1 saturated heterocycles. The van der Waals surface area contributed by atoms with Gasteiger partial charge in [-0.05, 0) is 25.0 Å². The van der Waals surface area contributed by atoms with Gasteiger partial charge in [-0.1, -0.05) is 0 Å². The van der Waals surface area contributed by atoms with Crippen molar-refractivity contribution in [2.24, 2.45) is 0 Å². The first-order valence-corrected chi connectivity index (χ1v) is 4.88. The van der Waals surface area contributed by atoms with E-state index < -0.39 is 0 Å². The minimum absolute atomic E-state index is 0.0260. The number of rotatable bonds is 2. The molecule has 14 heavy (non-hydrogen) atoms. The topological polar surface area (TPSA) is 54.1 Å². The summed E-state index contributed by atoms with van der Waals surface area (Å²) in [7, 11) is 0. The molecule has 1 amide bonds. The van der Waals surface area contributed by atoms with Crippen molar-refractivity contribution in [1.29, 1.82) is 0 Å². The van der Waals surface area contributed by atoms with Crippen LogP contribution >= 0.6 is 0 Å². The Bertz CT molecular complexity index is 289. The van der Waals surface area contributed by atoms with Crippen molar-refractivity contribution in [1.82, 2.24) is 10.3 Å². The number of amides is 1. The van der Waals surface area contributed by atoms with Crippen LogP contribution in [0.1, 0.15) is 23.3 Å². The molecule has 0 aromatic carbocycles. The lowest BCUT2D eigenvalue weighted by Crippen LogP contribution is -2.39. The van der Waals surface area contributed by atoms with E-state index in [1.165, 1.54) is 0 Å². The first-order valence-electron chi connectivity index (χ1n) is 4.88. The number of carbonyl (C=O) groups excluding carboxylic acids is 1. The van der Waals surface area contributed by atoms with Gasteiger partial charge in [-0.2, -0.15) is 0 Å². The van der Waals surface area contributed by atoms with Crippen LogP contribution in [-0.2, 0) is 4.74 Å². The summed E-state index contributed by atoms with van der Waals surface area (Å²) in [5, 5.41) is 2.97. The van der Waals surface area contributed by atoms with Gasteiger partial charge in [0.05, 0.1) is 0 Å². The second-order valence-electron chi connectivity index (χ2n) is 3.44. The van der Waals surface area contributed by atoms with E-state index >= 15 is 0 Å². The zero-order valence-electron chi connectivity index (χ0n) is 7.95. The molecule has 2 rings (SSSR count). The number of nitrogens with one attached hydrogen (secondary N) is 2. The third kappa shape index (κ3) is 2.14. The van der Waals surface area contributed by atoms with Crippen molar-refractivity contribution >= 4 is 5.91 Å². The molecule has 1 aliphatic rings. The number of hydrogen-bond donors (Lipinski definition) is 2. The molecule has 1 fully saturated rings. The Labute approximate surface area is 82.6 Å². The van der Waals surface area contributed by atoms with Crippen molar-refractivity contribution in [3.8, 4) is 0 Å². The van der Waals surface area contributed by atoms with Gasteiger partial charge in [-0.25, -0.2) is 0 Å². The van der Waals surface area contributed by atoms with Gasteiger partial charge < -0.3 is 15.0 Å². The molecule has 2 N–H and O–H groups in total. The fourth-order valence-corrected chi connectivity index (χ4v) is 1.58. The van der Waals surface area contributed by atoms with Gasteiger partial charge in [0, 0.05) is 25.5 Å². The quantitative estimate of drug-likeness (QED) is 0.735. The van der Waals surface area contributed by atoms with E-state index in [-0.39, 0.29) is 11.9 Å². The average molecular weight is 194 g/mol. The molecule has 1 aliphatic heterocycles. The fourth-order valence-electron chi connectivity index (χ4n) is 1.58. The number of ether oxygens (including phenoxy) is 1. The van der Waals surface area contributed by atoms with E-state index in [4.69, 9.17) is 4.74 Å². The van der Waals surface area contributed by atoms with Gasteiger partial charge in [-0.15, -0.1) is 0 Å². The lowest BCUT2D eigenvalue weighted by molar-refractivity contribution is 0.0694. The smallest absolute Gasteiger partial charge is 0.267 e. The van der Waals surface area contributed by atoms with E-state index in [0.717, 1.165) is 26.1 Å². The van der Waals surface area contributed by atoms with E-state index in [1.807, 2.05) is 6.07 Å². The molecule has 0 spiro atoms. The molecule has 0 unspecified atom stereocenters. The van der Waals surface area contributed by atoms with Crippen molar-refractivity contribution in [2.75, 3.05) is 13.2 Å². The second-order valence-corrected chi connectivity index (χ2v) is 3.44. The molecule has 0 aliphatic carbocycles. The standard InChI is InChI=1S/C10H14N2O2/c13-10(9-2-1-5-11-9)12-8-3-6-14-7-4-8/h1-2,5,8,11H,3-4,6-7H2,(H,12,13). The fraction of sp³-hybridized carbons (Fsp3) is 0.500. The summed E-state index contributed by atoms with van der Waals surface area (Å²) in [5.74, 6) is -0.0260. The highest BCUT2D eigenvalue weighted by Gasteiger charge is 2.16. The zero-order valence-corrected chi connectivity index (χ0v) is 7.95. The Balaban J connectivity index is 1.87. The van der Waals surface area contributed by atoms with Crippen LogP contribution < -0.4 is 5.32 Å². The molecular weight excluding hydrogens is 180 g/mol. The lowest BCUT2D eigenvalue weighted by Gasteiger charge is -2.22. The summed E-state index contributed by atoms with van der Waals surface area (Å²) in [6.07, 6.45) is 3.57. The Hall–Kier alpha value is -1.29. The van der Waals surface area contributed by atoms with Crippen LogP contribution in [0.3, 0.4) is 0 Å². The highest BCUT2D eigenvalue weighted by Crippen LogP contribution is 2.07. The molecule has 76 valence electrons. The van der Waals surface area contributed by atoms with Gasteiger partial charge in [0.1, 0.15) is 5.69 Å². The Morgan fingerprint density at radius 1 is 1.50 bits per heavy atom. The molecule has 0 saturated carbocycles. The van der Waals surface area contributed by atoms with Crippen LogP contribution in [0.25, 0.3) is 0 Å². The van der Waals surface area contributed by atoms with Crippen LogP contribution in [-0.4, -0.2) is 30.1 Å². The summed E-state index contributed by atoms with van der Waals surface area (Å²) < 4.78 is 5.21. The summed E-state index contributed by atoms with van der Waals surface area (Å²) >= 11 is 0. The average Bonchev–Trinajstić information content (AvgIpc) is 2.72. The normalized spacial score (nSPS) is 18.0. The van der Waals surface area contributed by atoms with Crippen molar-refractivity contribution in [3.63, 3.8) is 0 Å². The Morgan fingerprint density at radius 3 is 2.93 bits per heavy atom. The summed E-state index contributed by atoms with van der Waals surface area (Å²) in [6.45, 7) is 1.49. The number of carbonyl (C=O) groups is 1. The van der Waals surface area contributed by atoms with Crippen LogP contribution in [0.15, 0.2) is 18.3 Å². The molecule has 0 radical (unpaired) electrons. The third-order valence-electron chi connectivity index (χ3n) is 2.40. The number of H-pyrrole nitrogens is 1. The van der Waals surface area contributed by atoms with E-state index in [1.54, 1.807) is 12.3 Å². The van der Waals surface area contributed by atoms with Crippen LogP contribution in [0.2, 0.25) is 0 Å². The number of aromatic amines is 1. The monoisotopic (exact) mass is 194 g/mol. The SMILES string of the molecule is O=C(NC1CCOCC1)c1ccc[nH]1. The second kappa shape index (κ2) is 4.28. The molecule has 1 aromatic heterocycles. The van der Waals surface area contributed by atoms with Gasteiger partial charge in [0.25, 0.3) is 5.91 Å². The summed E-state index contributed by atoms with van der Waals surface area (Å²) in [6, 6.07) is 3.85. The highest BCUT2D eigenvalue weighted by molar-refractivity contribution is 5.92. The third-order valence-corrected chi connectivity index (χ3v) is 2.40. The maximum absolute atomic E-state index is 11.6. The Morgan fingerprint density at radius 2 is 2.29 bits per heavy atom. The van der Waals surface area contributed by atoms with Crippen molar-refractivity contribution < 1.29 is 9.53 Å². The van der Waals surface area contributed by atoms with Crippen molar-refractivity contribution in [3.05, 3.63) is 24.0 Å². The molecular formula is C10H14N2O2. The number of aromatic nitrogens is 1. The first kappa shape index (κ1) is 9.27. The molecule has 1 aromatic rings.